The van der Waals surface area contributed by atoms with Crippen molar-refractivity contribution < 1.29 is 19.4 Å². The molecule has 0 radical (unpaired) electrons. The zero-order chi connectivity index (χ0) is 23.8. The summed E-state index contributed by atoms with van der Waals surface area (Å²) < 4.78 is 11.1. The van der Waals surface area contributed by atoms with E-state index in [4.69, 9.17) is 20.6 Å². The van der Waals surface area contributed by atoms with Gasteiger partial charge < -0.3 is 25.6 Å². The van der Waals surface area contributed by atoms with E-state index in [0.717, 1.165) is 23.1 Å². The predicted octanol–water partition coefficient (Wildman–Crippen LogP) is 3.90. The van der Waals surface area contributed by atoms with E-state index < -0.39 is 12.0 Å². The summed E-state index contributed by atoms with van der Waals surface area (Å²) in [7, 11) is 1.34. The summed E-state index contributed by atoms with van der Waals surface area (Å²) in [5, 5.41) is 20.2. The first-order valence-electron chi connectivity index (χ1n) is 10.7. The van der Waals surface area contributed by atoms with Gasteiger partial charge in [-0.15, -0.1) is 0 Å². The molecule has 1 atom stereocenters. The fraction of sp³-hybridized carbons (Fsp3) is 0.231. The van der Waals surface area contributed by atoms with Gasteiger partial charge in [0.05, 0.1) is 13.7 Å². The average Bonchev–Trinajstić information content (AvgIpc) is 2.86. The minimum atomic E-state index is -0.860. The van der Waals surface area contributed by atoms with E-state index in [1.807, 2.05) is 49.4 Å². The number of nitrogens with two attached hydrogens (primary N) is 1. The molecular weight excluding hydrogens is 418 g/mol. The molecule has 33 heavy (non-hydrogen) atoms. The Bertz CT molecular complexity index is 1100. The van der Waals surface area contributed by atoms with Crippen molar-refractivity contribution in [3.63, 3.8) is 0 Å². The summed E-state index contributed by atoms with van der Waals surface area (Å²) >= 11 is 0. The summed E-state index contributed by atoms with van der Waals surface area (Å²) in [5.41, 5.74) is 10.2. The molecule has 172 valence electrons. The van der Waals surface area contributed by atoms with Gasteiger partial charge in [0, 0.05) is 22.4 Å². The van der Waals surface area contributed by atoms with E-state index in [1.165, 1.54) is 7.11 Å². The Hall–Kier alpha value is -3.84. The monoisotopic (exact) mass is 447 g/mol. The van der Waals surface area contributed by atoms with E-state index >= 15 is 0 Å². The van der Waals surface area contributed by atoms with Crippen molar-refractivity contribution in [2.75, 3.05) is 25.6 Å². The number of hydrogen-bond donors (Lipinski definition) is 4. The van der Waals surface area contributed by atoms with E-state index in [2.05, 4.69) is 5.32 Å². The minimum absolute atomic E-state index is 0.0334. The first-order chi connectivity index (χ1) is 16.0. The van der Waals surface area contributed by atoms with Crippen LogP contribution >= 0.6 is 0 Å². The fourth-order valence-electron chi connectivity index (χ4n) is 3.57. The molecule has 0 aromatic heterocycles. The zero-order valence-corrected chi connectivity index (χ0v) is 18.8. The molecule has 0 heterocycles. The molecule has 0 bridgehead atoms. The van der Waals surface area contributed by atoms with E-state index in [1.54, 1.807) is 24.3 Å². The number of amidine groups is 1. The number of anilines is 1. The maximum Gasteiger partial charge on any atom is 0.333 e. The third kappa shape index (κ3) is 5.70. The van der Waals surface area contributed by atoms with Gasteiger partial charge in [0.25, 0.3) is 0 Å². The molecule has 0 amide bonds. The normalized spacial score (nSPS) is 11.5. The minimum Gasteiger partial charge on any atom is -0.490 e. The molecule has 0 aliphatic rings. The molecule has 3 rings (SSSR count). The standard InChI is InChI=1S/C26H29N3O4/c1-3-17-15-21(18-7-5-4-6-8-18)24(33-14-13-30)22(16-17)23(26(31)32-2)29-20-11-9-19(10-12-20)25(27)28/h4-12,15-16,23,29-30H,3,13-14H2,1-2H3,(H3,27,28). The SMILES string of the molecule is CCc1cc(-c2ccccc2)c(OCCO)c(C(Nc2ccc(C(=N)N)cc2)C(=O)OC)c1. The van der Waals surface area contributed by atoms with Crippen molar-refractivity contribution in [1.29, 1.82) is 5.41 Å². The highest BCUT2D eigenvalue weighted by Gasteiger charge is 2.28. The lowest BCUT2D eigenvalue weighted by atomic mass is 9.93. The molecule has 0 saturated carbocycles. The summed E-state index contributed by atoms with van der Waals surface area (Å²) in [6.07, 6.45) is 0.758. The number of benzene rings is 3. The highest BCUT2D eigenvalue weighted by molar-refractivity contribution is 5.95. The second-order valence-corrected chi connectivity index (χ2v) is 7.44. The molecule has 7 nitrogen and oxygen atoms in total. The van der Waals surface area contributed by atoms with Crippen LogP contribution in [0.25, 0.3) is 11.1 Å². The Morgan fingerprint density at radius 3 is 2.39 bits per heavy atom. The Kier molecular flexibility index (Phi) is 8.05. The number of methoxy groups -OCH3 is 1. The topological polar surface area (TPSA) is 118 Å². The molecule has 0 aliphatic heterocycles. The number of nitrogen functional groups attached to an aromatic ring is 1. The second kappa shape index (κ2) is 11.2. The summed E-state index contributed by atoms with van der Waals surface area (Å²) in [6.45, 7) is 1.97. The maximum absolute atomic E-state index is 12.9. The Balaban J connectivity index is 2.15. The largest absolute Gasteiger partial charge is 0.490 e. The van der Waals surface area contributed by atoms with Crippen molar-refractivity contribution in [2.24, 2.45) is 5.73 Å². The molecule has 0 spiro atoms. The lowest BCUT2D eigenvalue weighted by Crippen LogP contribution is -2.24. The van der Waals surface area contributed by atoms with E-state index in [0.29, 0.717) is 22.6 Å². The van der Waals surface area contributed by atoms with Gasteiger partial charge in [0.1, 0.15) is 18.2 Å². The van der Waals surface area contributed by atoms with Crippen molar-refractivity contribution in [3.8, 4) is 16.9 Å². The smallest absolute Gasteiger partial charge is 0.333 e. The third-order valence-corrected chi connectivity index (χ3v) is 5.26. The number of carbonyl (C=O) groups excluding carboxylic acids is 1. The number of nitrogens with one attached hydrogen (secondary N) is 2. The summed E-state index contributed by atoms with van der Waals surface area (Å²) in [4.78, 5) is 12.9. The lowest BCUT2D eigenvalue weighted by molar-refractivity contribution is -0.141. The number of hydrogen-bond acceptors (Lipinski definition) is 6. The van der Waals surface area contributed by atoms with Crippen LogP contribution in [0.1, 0.15) is 29.7 Å². The van der Waals surface area contributed by atoms with Crippen LogP contribution in [-0.4, -0.2) is 37.2 Å². The second-order valence-electron chi connectivity index (χ2n) is 7.44. The Labute approximate surface area is 193 Å². The van der Waals surface area contributed by atoms with Crippen molar-refractivity contribution in [2.45, 2.75) is 19.4 Å². The number of carbonyl (C=O) groups is 1. The van der Waals surface area contributed by atoms with Crippen molar-refractivity contribution in [1.82, 2.24) is 0 Å². The van der Waals surface area contributed by atoms with E-state index in [-0.39, 0.29) is 19.0 Å². The Morgan fingerprint density at radius 2 is 1.82 bits per heavy atom. The van der Waals surface area contributed by atoms with Crippen LogP contribution in [0.5, 0.6) is 5.75 Å². The first-order valence-corrected chi connectivity index (χ1v) is 10.7. The quantitative estimate of drug-likeness (QED) is 0.213. The number of aliphatic hydroxyl groups excluding tert-OH is 1. The number of aliphatic hydroxyl groups is 1. The molecule has 3 aromatic carbocycles. The molecular formula is C26H29N3O4. The zero-order valence-electron chi connectivity index (χ0n) is 18.8. The molecule has 5 N–H and O–H groups in total. The van der Waals surface area contributed by atoms with Gasteiger partial charge in [-0.2, -0.15) is 0 Å². The van der Waals surface area contributed by atoms with Gasteiger partial charge in [-0.3, -0.25) is 5.41 Å². The molecule has 1 unspecified atom stereocenters. The molecule has 0 fully saturated rings. The van der Waals surface area contributed by atoms with Gasteiger partial charge in [-0.1, -0.05) is 37.3 Å². The van der Waals surface area contributed by atoms with Crippen LogP contribution < -0.4 is 15.8 Å². The lowest BCUT2D eigenvalue weighted by Gasteiger charge is -2.24. The van der Waals surface area contributed by atoms with Crippen LogP contribution in [0.2, 0.25) is 0 Å². The van der Waals surface area contributed by atoms with E-state index in [9.17, 15) is 9.90 Å². The fourth-order valence-corrected chi connectivity index (χ4v) is 3.57. The molecule has 3 aromatic rings. The van der Waals surface area contributed by atoms with Crippen LogP contribution in [0.15, 0.2) is 66.7 Å². The third-order valence-electron chi connectivity index (χ3n) is 5.26. The summed E-state index contributed by atoms with van der Waals surface area (Å²) in [6, 6.07) is 19.8. The Morgan fingerprint density at radius 1 is 1.12 bits per heavy atom. The van der Waals surface area contributed by atoms with Gasteiger partial charge in [0.15, 0.2) is 6.04 Å². The van der Waals surface area contributed by atoms with Gasteiger partial charge >= 0.3 is 5.97 Å². The number of esters is 1. The highest BCUT2D eigenvalue weighted by atomic mass is 16.5. The van der Waals surface area contributed by atoms with Crippen molar-refractivity contribution in [3.05, 3.63) is 83.4 Å². The van der Waals surface area contributed by atoms with Gasteiger partial charge in [-0.05, 0) is 53.9 Å². The number of rotatable bonds is 10. The summed E-state index contributed by atoms with van der Waals surface area (Å²) in [5.74, 6) is -0.00336. The van der Waals surface area contributed by atoms with Crippen LogP contribution in [0.4, 0.5) is 5.69 Å². The van der Waals surface area contributed by atoms with Crippen LogP contribution in [-0.2, 0) is 16.0 Å². The maximum atomic E-state index is 12.9. The first kappa shape index (κ1) is 23.8. The van der Waals surface area contributed by atoms with Gasteiger partial charge in [-0.25, -0.2) is 4.79 Å². The number of ether oxygens (including phenoxy) is 2. The molecule has 7 heteroatoms. The van der Waals surface area contributed by atoms with Crippen LogP contribution in [0.3, 0.4) is 0 Å². The molecule has 0 aliphatic carbocycles. The molecule has 0 saturated heterocycles. The van der Waals surface area contributed by atoms with Crippen molar-refractivity contribution >= 4 is 17.5 Å². The number of aryl methyl sites for hydroxylation is 1. The van der Waals surface area contributed by atoms with Crippen LogP contribution in [0, 0.1) is 5.41 Å². The average molecular weight is 448 g/mol. The predicted molar refractivity (Wildman–Crippen MR) is 130 cm³/mol. The highest BCUT2D eigenvalue weighted by Crippen LogP contribution is 2.39. The van der Waals surface area contributed by atoms with Gasteiger partial charge in [0.2, 0.25) is 0 Å².